The van der Waals surface area contributed by atoms with E-state index >= 15 is 0 Å². The quantitative estimate of drug-likeness (QED) is 0.831. The van der Waals surface area contributed by atoms with Gasteiger partial charge in [-0.25, -0.2) is 0 Å². The number of ketones is 2. The van der Waals surface area contributed by atoms with Gasteiger partial charge in [0.15, 0.2) is 0 Å². The molecular weight excluding hydrogens is 252 g/mol. The first kappa shape index (κ1) is 14.7. The summed E-state index contributed by atoms with van der Waals surface area (Å²) in [5.41, 5.74) is 2.25. The van der Waals surface area contributed by atoms with E-state index in [0.29, 0.717) is 12.8 Å². The highest BCUT2D eigenvalue weighted by atomic mass is 16.1. The van der Waals surface area contributed by atoms with Gasteiger partial charge < -0.3 is 10.2 Å². The summed E-state index contributed by atoms with van der Waals surface area (Å²) in [6.07, 6.45) is 1.13. The fraction of sp³-hybridized carbons (Fsp3) is 0.500. The molecule has 0 aromatic heterocycles. The van der Waals surface area contributed by atoms with Gasteiger partial charge in [0.1, 0.15) is 11.6 Å². The Balaban J connectivity index is 2.04. The molecule has 0 bridgehead atoms. The van der Waals surface area contributed by atoms with Gasteiger partial charge in [0, 0.05) is 38.7 Å². The van der Waals surface area contributed by atoms with E-state index in [4.69, 9.17) is 0 Å². The van der Waals surface area contributed by atoms with Gasteiger partial charge in [-0.2, -0.15) is 0 Å². The van der Waals surface area contributed by atoms with Gasteiger partial charge in [-0.15, -0.1) is 0 Å². The summed E-state index contributed by atoms with van der Waals surface area (Å²) in [5, 5.41) is 3.12. The zero-order valence-electron chi connectivity index (χ0n) is 12.2. The number of hydrogen-bond donors (Lipinski definition) is 1. The molecule has 1 saturated carbocycles. The number of anilines is 1. The van der Waals surface area contributed by atoms with Crippen LogP contribution >= 0.6 is 0 Å². The number of Topliss-reactive ketones (excluding diaryl/α,β-unsaturated/α-hetero) is 2. The first-order valence-electron chi connectivity index (χ1n) is 7.09. The van der Waals surface area contributed by atoms with E-state index in [1.807, 2.05) is 19.2 Å². The molecule has 0 spiro atoms. The summed E-state index contributed by atoms with van der Waals surface area (Å²) in [7, 11) is 3.99. The lowest BCUT2D eigenvalue weighted by Crippen LogP contribution is -2.27. The van der Waals surface area contributed by atoms with Crippen molar-refractivity contribution in [1.82, 2.24) is 5.32 Å². The zero-order chi connectivity index (χ0) is 14.5. The Hall–Kier alpha value is -1.68. The van der Waals surface area contributed by atoms with Crippen LogP contribution in [-0.4, -0.2) is 38.8 Å². The third kappa shape index (κ3) is 3.67. The largest absolute Gasteiger partial charge is 0.373 e. The number of rotatable bonds is 5. The van der Waals surface area contributed by atoms with Crippen molar-refractivity contribution in [3.05, 3.63) is 29.8 Å². The molecule has 1 aromatic carbocycles. The van der Waals surface area contributed by atoms with Crippen molar-refractivity contribution in [3.63, 3.8) is 0 Å². The summed E-state index contributed by atoms with van der Waals surface area (Å²) < 4.78 is 0. The van der Waals surface area contributed by atoms with Gasteiger partial charge in [0.05, 0.1) is 6.42 Å². The molecule has 0 atom stereocenters. The highest BCUT2D eigenvalue weighted by molar-refractivity contribution is 6.02. The van der Waals surface area contributed by atoms with Crippen LogP contribution in [0.2, 0.25) is 0 Å². The second kappa shape index (κ2) is 6.66. The van der Waals surface area contributed by atoms with Crippen LogP contribution in [0.1, 0.15) is 30.7 Å². The number of benzene rings is 1. The van der Waals surface area contributed by atoms with Crippen LogP contribution in [0.15, 0.2) is 24.3 Å². The molecular formula is C16H22N2O2. The maximum Gasteiger partial charge on any atom is 0.140 e. The smallest absolute Gasteiger partial charge is 0.140 e. The molecule has 1 aliphatic carbocycles. The third-order valence-electron chi connectivity index (χ3n) is 3.84. The van der Waals surface area contributed by atoms with Gasteiger partial charge in [-0.1, -0.05) is 12.1 Å². The minimum atomic E-state index is 0.0698. The van der Waals surface area contributed by atoms with Crippen LogP contribution in [-0.2, 0) is 9.59 Å². The van der Waals surface area contributed by atoms with E-state index in [2.05, 4.69) is 29.4 Å². The van der Waals surface area contributed by atoms with Gasteiger partial charge >= 0.3 is 0 Å². The van der Waals surface area contributed by atoms with Crippen LogP contribution in [0.5, 0.6) is 0 Å². The average molecular weight is 274 g/mol. The van der Waals surface area contributed by atoms with Crippen LogP contribution in [0, 0.1) is 0 Å². The Morgan fingerprint density at radius 1 is 1.15 bits per heavy atom. The number of hydrogen-bond acceptors (Lipinski definition) is 4. The van der Waals surface area contributed by atoms with Crippen molar-refractivity contribution in [2.45, 2.75) is 25.2 Å². The van der Waals surface area contributed by atoms with E-state index in [1.165, 1.54) is 0 Å². The normalized spacial score (nSPS) is 16.5. The van der Waals surface area contributed by atoms with Crippen LogP contribution < -0.4 is 10.2 Å². The highest BCUT2D eigenvalue weighted by Gasteiger charge is 2.26. The molecule has 0 heterocycles. The van der Waals surface area contributed by atoms with E-state index in [1.54, 1.807) is 0 Å². The molecule has 1 N–H and O–H groups in total. The molecule has 4 heteroatoms. The van der Waals surface area contributed by atoms with Gasteiger partial charge in [-0.3, -0.25) is 9.59 Å². The maximum atomic E-state index is 11.5. The Morgan fingerprint density at radius 3 is 2.30 bits per heavy atom. The number of carbonyl (C=O) groups is 2. The van der Waals surface area contributed by atoms with Crippen molar-refractivity contribution in [2.24, 2.45) is 0 Å². The predicted molar refractivity (Wildman–Crippen MR) is 80.2 cm³/mol. The first-order valence-corrected chi connectivity index (χ1v) is 7.09. The van der Waals surface area contributed by atoms with Gasteiger partial charge in [-0.05, 0) is 30.7 Å². The number of likely N-dealkylation sites (N-methyl/N-ethyl adjacent to an activating group) is 2. The number of nitrogens with one attached hydrogen (secondary N) is 1. The predicted octanol–water partition coefficient (Wildman–Crippen LogP) is 1.75. The fourth-order valence-electron chi connectivity index (χ4n) is 2.63. The van der Waals surface area contributed by atoms with Crippen LogP contribution in [0.4, 0.5) is 5.69 Å². The lowest BCUT2D eigenvalue weighted by atomic mass is 9.82. The topological polar surface area (TPSA) is 49.4 Å². The SMILES string of the molecule is CNCCN(C)c1ccc(C2CC(=O)CC(=O)C2)cc1. The third-order valence-corrected chi connectivity index (χ3v) is 3.84. The monoisotopic (exact) mass is 274 g/mol. The molecule has 20 heavy (non-hydrogen) atoms. The maximum absolute atomic E-state index is 11.5. The van der Waals surface area contributed by atoms with E-state index in [9.17, 15) is 9.59 Å². The van der Waals surface area contributed by atoms with Gasteiger partial charge in [0.2, 0.25) is 0 Å². The van der Waals surface area contributed by atoms with Crippen molar-refractivity contribution in [3.8, 4) is 0 Å². The second-order valence-electron chi connectivity index (χ2n) is 5.48. The zero-order valence-corrected chi connectivity index (χ0v) is 12.2. The minimum absolute atomic E-state index is 0.0698. The molecule has 108 valence electrons. The van der Waals surface area contributed by atoms with Crippen LogP contribution in [0.25, 0.3) is 0 Å². The van der Waals surface area contributed by atoms with E-state index < -0.39 is 0 Å². The summed E-state index contributed by atoms with van der Waals surface area (Å²) in [6, 6.07) is 8.21. The second-order valence-corrected chi connectivity index (χ2v) is 5.48. The Morgan fingerprint density at radius 2 is 1.75 bits per heavy atom. The van der Waals surface area contributed by atoms with Crippen molar-refractivity contribution in [2.75, 3.05) is 32.1 Å². The average Bonchev–Trinajstić information content (AvgIpc) is 2.44. The summed E-state index contributed by atoms with van der Waals surface area (Å²) in [4.78, 5) is 25.2. The number of carbonyl (C=O) groups excluding carboxylic acids is 2. The van der Waals surface area contributed by atoms with Crippen molar-refractivity contribution in [1.29, 1.82) is 0 Å². The lowest BCUT2D eigenvalue weighted by molar-refractivity contribution is -0.130. The summed E-state index contributed by atoms with van der Waals surface area (Å²) in [5.74, 6) is 0.211. The van der Waals surface area contributed by atoms with Crippen molar-refractivity contribution >= 4 is 17.3 Å². The lowest BCUT2D eigenvalue weighted by Gasteiger charge is -2.22. The molecule has 4 nitrogen and oxygen atoms in total. The molecule has 1 aromatic rings. The Labute approximate surface area is 120 Å². The molecule has 1 aliphatic rings. The summed E-state index contributed by atoms with van der Waals surface area (Å²) >= 11 is 0. The standard InChI is InChI=1S/C16H22N2O2/c1-17-7-8-18(2)14-5-3-12(4-6-14)13-9-15(19)11-16(20)10-13/h3-6,13,17H,7-11H2,1-2H3. The molecule has 1 fully saturated rings. The first-order chi connectivity index (χ1) is 9.60. The molecule has 0 radical (unpaired) electrons. The Bertz CT molecular complexity index is 466. The summed E-state index contributed by atoms with van der Waals surface area (Å²) in [6.45, 7) is 1.88. The fourth-order valence-corrected chi connectivity index (χ4v) is 2.63. The molecule has 0 amide bonds. The van der Waals surface area contributed by atoms with Crippen LogP contribution in [0.3, 0.4) is 0 Å². The molecule has 2 rings (SSSR count). The molecule has 0 aliphatic heterocycles. The molecule has 0 saturated heterocycles. The molecule has 0 unspecified atom stereocenters. The highest BCUT2D eigenvalue weighted by Crippen LogP contribution is 2.30. The van der Waals surface area contributed by atoms with E-state index in [-0.39, 0.29) is 23.9 Å². The minimum Gasteiger partial charge on any atom is -0.373 e. The van der Waals surface area contributed by atoms with Crippen molar-refractivity contribution < 1.29 is 9.59 Å². The van der Waals surface area contributed by atoms with Gasteiger partial charge in [0.25, 0.3) is 0 Å². The Kier molecular flexibility index (Phi) is 4.90. The number of nitrogens with zero attached hydrogens (tertiary/aromatic N) is 1. The van der Waals surface area contributed by atoms with E-state index in [0.717, 1.165) is 24.3 Å².